The molecule has 33 heavy (non-hydrogen) atoms. The number of carbonyl (C=O) groups is 1. The summed E-state index contributed by atoms with van der Waals surface area (Å²) in [5.74, 6) is 0.414. The Hall–Kier alpha value is -3.31. The van der Waals surface area contributed by atoms with Gasteiger partial charge in [-0.3, -0.25) is 10.0 Å². The molecule has 2 heterocycles. The van der Waals surface area contributed by atoms with Crippen molar-refractivity contribution in [3.05, 3.63) is 78.5 Å². The molecule has 10 heteroatoms. The minimum absolute atomic E-state index is 0.00797. The minimum Gasteiger partial charge on any atom is -0.455 e. The van der Waals surface area contributed by atoms with Crippen LogP contribution in [0.2, 0.25) is 0 Å². The number of hydrogen-bond acceptors (Lipinski definition) is 6. The Morgan fingerprint density at radius 1 is 1.03 bits per heavy atom. The van der Waals surface area contributed by atoms with Crippen LogP contribution in [-0.2, 0) is 21.2 Å². The third-order valence-electron chi connectivity index (χ3n) is 5.34. The lowest BCUT2D eigenvalue weighted by Gasteiger charge is -2.21. The third kappa shape index (κ3) is 4.21. The van der Waals surface area contributed by atoms with Gasteiger partial charge in [0.1, 0.15) is 17.5 Å². The zero-order valence-corrected chi connectivity index (χ0v) is 18.7. The summed E-state index contributed by atoms with van der Waals surface area (Å²) in [7, 11) is -4.08. The monoisotopic (exact) mass is 481 g/mol. The summed E-state index contributed by atoms with van der Waals surface area (Å²) in [6.07, 6.45) is 1.77. The van der Waals surface area contributed by atoms with Gasteiger partial charge < -0.3 is 9.72 Å². The number of benzene rings is 3. The Bertz CT molecular complexity index is 1470. The fourth-order valence-corrected chi connectivity index (χ4v) is 6.00. The van der Waals surface area contributed by atoms with Gasteiger partial charge in [-0.15, -0.1) is 0 Å². The van der Waals surface area contributed by atoms with Crippen LogP contribution in [0.3, 0.4) is 0 Å². The number of para-hydroxylation sites is 2. The number of sulfonamides is 1. The average Bonchev–Trinajstić information content (AvgIpc) is 3.24. The molecule has 1 unspecified atom stereocenters. The molecule has 1 amide bonds. The molecule has 5 rings (SSSR count). The number of rotatable bonds is 6. The predicted molar refractivity (Wildman–Crippen MR) is 123 cm³/mol. The highest BCUT2D eigenvalue weighted by atomic mass is 32.2. The Morgan fingerprint density at radius 2 is 1.79 bits per heavy atom. The predicted octanol–water partition coefficient (Wildman–Crippen LogP) is 3.82. The van der Waals surface area contributed by atoms with Crippen LogP contribution in [0.5, 0.6) is 11.5 Å². The van der Waals surface area contributed by atoms with E-state index >= 15 is 0 Å². The van der Waals surface area contributed by atoms with Gasteiger partial charge in [0.15, 0.2) is 0 Å². The van der Waals surface area contributed by atoms with Crippen LogP contribution < -0.4 is 14.9 Å². The summed E-state index contributed by atoms with van der Waals surface area (Å²) in [4.78, 5) is 17.0. The van der Waals surface area contributed by atoms with E-state index in [9.17, 15) is 18.4 Å². The van der Waals surface area contributed by atoms with Crippen LogP contribution in [0.1, 0.15) is 5.56 Å². The molecular weight excluding hydrogens is 462 g/mol. The smallest absolute Gasteiger partial charge is 0.261 e. The second kappa shape index (κ2) is 8.56. The SMILES string of the molecule is O=C(NO)C(Cc1c[nH]c2ccccc12)NS(=O)(=O)c1ccc2c(c1)Sc1ccccc1O2. The first-order chi connectivity index (χ1) is 15.9. The van der Waals surface area contributed by atoms with Gasteiger partial charge >= 0.3 is 0 Å². The normalized spacial score (nSPS) is 13.6. The average molecular weight is 482 g/mol. The number of ether oxygens (including phenoxy) is 1. The van der Waals surface area contributed by atoms with Crippen LogP contribution in [0.15, 0.2) is 87.6 Å². The molecule has 4 aromatic rings. The number of amides is 1. The van der Waals surface area contributed by atoms with Gasteiger partial charge in [0.05, 0.1) is 14.7 Å². The lowest BCUT2D eigenvalue weighted by molar-refractivity contribution is -0.130. The van der Waals surface area contributed by atoms with Gasteiger partial charge in [0.2, 0.25) is 10.0 Å². The van der Waals surface area contributed by atoms with E-state index in [0.717, 1.165) is 21.4 Å². The molecule has 168 valence electrons. The molecule has 0 spiro atoms. The number of fused-ring (bicyclic) bond motifs is 3. The van der Waals surface area contributed by atoms with E-state index in [1.165, 1.54) is 23.9 Å². The van der Waals surface area contributed by atoms with Crippen molar-refractivity contribution in [2.45, 2.75) is 27.1 Å². The van der Waals surface area contributed by atoms with Crippen molar-refractivity contribution in [2.75, 3.05) is 0 Å². The first kappa shape index (κ1) is 21.5. The van der Waals surface area contributed by atoms with Crippen molar-refractivity contribution in [2.24, 2.45) is 0 Å². The van der Waals surface area contributed by atoms with Crippen molar-refractivity contribution < 1.29 is 23.2 Å². The minimum atomic E-state index is -4.08. The molecule has 8 nitrogen and oxygen atoms in total. The van der Waals surface area contributed by atoms with Crippen LogP contribution in [0.4, 0.5) is 0 Å². The highest BCUT2D eigenvalue weighted by Gasteiger charge is 2.28. The summed E-state index contributed by atoms with van der Waals surface area (Å²) >= 11 is 1.41. The Labute approximate surface area is 194 Å². The van der Waals surface area contributed by atoms with E-state index in [1.54, 1.807) is 17.7 Å². The fourth-order valence-electron chi connectivity index (χ4n) is 3.72. The maximum absolute atomic E-state index is 13.2. The molecule has 0 saturated carbocycles. The zero-order chi connectivity index (χ0) is 23.0. The molecule has 1 aliphatic heterocycles. The van der Waals surface area contributed by atoms with E-state index < -0.39 is 22.0 Å². The highest BCUT2D eigenvalue weighted by molar-refractivity contribution is 7.99. The first-order valence-electron chi connectivity index (χ1n) is 10.0. The zero-order valence-electron chi connectivity index (χ0n) is 17.1. The molecule has 4 N–H and O–H groups in total. The number of hydroxylamine groups is 1. The maximum Gasteiger partial charge on any atom is 0.261 e. The third-order valence-corrected chi connectivity index (χ3v) is 7.90. The molecule has 1 atom stereocenters. The number of carbonyl (C=O) groups excluding carboxylic acids is 1. The second-order valence-corrected chi connectivity index (χ2v) is 10.3. The molecular formula is C23H19N3O5S2. The highest BCUT2D eigenvalue weighted by Crippen LogP contribution is 2.47. The van der Waals surface area contributed by atoms with Crippen molar-refractivity contribution in [3.8, 4) is 11.5 Å². The van der Waals surface area contributed by atoms with Gasteiger partial charge in [-0.2, -0.15) is 4.72 Å². The quantitative estimate of drug-likeness (QED) is 0.216. The molecule has 0 fully saturated rings. The Kier molecular flexibility index (Phi) is 5.59. The maximum atomic E-state index is 13.2. The molecule has 0 saturated heterocycles. The topological polar surface area (TPSA) is 121 Å². The molecule has 0 bridgehead atoms. The number of H-pyrrole nitrogens is 1. The largest absolute Gasteiger partial charge is 0.455 e. The van der Waals surface area contributed by atoms with E-state index in [2.05, 4.69) is 9.71 Å². The van der Waals surface area contributed by atoms with Crippen LogP contribution in [-0.4, -0.2) is 30.6 Å². The summed E-state index contributed by atoms with van der Waals surface area (Å²) in [5.41, 5.74) is 3.17. The Morgan fingerprint density at radius 3 is 2.64 bits per heavy atom. The standard InChI is InChI=1S/C23H19N3O5S2/c27-23(25-28)18(11-14-13-24-17-6-2-1-5-16(14)17)26-33(29,30)15-9-10-20-22(12-15)32-21-8-4-3-7-19(21)31-20/h1-10,12-13,18,24,26,28H,11H2,(H,25,27). The fraction of sp³-hybridized carbons (Fsp3) is 0.0870. The van der Waals surface area contributed by atoms with E-state index in [1.807, 2.05) is 48.5 Å². The van der Waals surface area contributed by atoms with Crippen molar-refractivity contribution in [1.29, 1.82) is 0 Å². The van der Waals surface area contributed by atoms with Crippen LogP contribution in [0.25, 0.3) is 10.9 Å². The number of hydrogen-bond donors (Lipinski definition) is 4. The summed E-state index contributed by atoms with van der Waals surface area (Å²) < 4.78 is 34.6. The van der Waals surface area contributed by atoms with Gasteiger partial charge in [-0.25, -0.2) is 13.9 Å². The van der Waals surface area contributed by atoms with E-state index in [4.69, 9.17) is 4.74 Å². The van der Waals surface area contributed by atoms with Gasteiger partial charge in [0.25, 0.3) is 5.91 Å². The van der Waals surface area contributed by atoms with Crippen molar-refractivity contribution in [3.63, 3.8) is 0 Å². The number of aromatic amines is 1. The van der Waals surface area contributed by atoms with E-state index in [-0.39, 0.29) is 11.3 Å². The Balaban J connectivity index is 1.42. The molecule has 1 aliphatic rings. The lowest BCUT2D eigenvalue weighted by Crippen LogP contribution is -2.47. The summed E-state index contributed by atoms with van der Waals surface area (Å²) in [6.45, 7) is 0. The number of nitrogens with one attached hydrogen (secondary N) is 3. The lowest BCUT2D eigenvalue weighted by atomic mass is 10.1. The second-order valence-electron chi connectivity index (χ2n) is 7.47. The number of aromatic nitrogens is 1. The molecule has 3 aromatic carbocycles. The van der Waals surface area contributed by atoms with Gasteiger partial charge in [0, 0.05) is 17.1 Å². The van der Waals surface area contributed by atoms with Crippen LogP contribution >= 0.6 is 11.8 Å². The summed E-state index contributed by atoms with van der Waals surface area (Å²) in [6, 6.07) is 18.3. The molecule has 1 aromatic heterocycles. The van der Waals surface area contributed by atoms with E-state index in [0.29, 0.717) is 16.4 Å². The van der Waals surface area contributed by atoms with Crippen LogP contribution in [0, 0.1) is 0 Å². The van der Waals surface area contributed by atoms with Crippen molar-refractivity contribution >= 4 is 38.6 Å². The summed E-state index contributed by atoms with van der Waals surface area (Å²) in [5, 5.41) is 10.1. The van der Waals surface area contributed by atoms with Gasteiger partial charge in [-0.05, 0) is 48.4 Å². The van der Waals surface area contributed by atoms with Crippen molar-refractivity contribution in [1.82, 2.24) is 15.2 Å². The molecule has 0 aliphatic carbocycles. The van der Waals surface area contributed by atoms with Gasteiger partial charge in [-0.1, -0.05) is 42.1 Å². The molecule has 0 radical (unpaired) electrons. The first-order valence-corrected chi connectivity index (χ1v) is 12.3.